The van der Waals surface area contributed by atoms with Gasteiger partial charge in [-0.1, -0.05) is 43.2 Å². The number of nitrogens with zero attached hydrogens (tertiary/aromatic N) is 4. The first-order valence-electron chi connectivity index (χ1n) is 13.2. The van der Waals surface area contributed by atoms with E-state index in [0.29, 0.717) is 6.54 Å². The highest BCUT2D eigenvalue weighted by Gasteiger charge is 2.40. The fourth-order valence-electron chi connectivity index (χ4n) is 6.53. The second kappa shape index (κ2) is 9.31. The summed E-state index contributed by atoms with van der Waals surface area (Å²) in [6, 6.07) is 18.8. The van der Waals surface area contributed by atoms with Gasteiger partial charge in [0, 0.05) is 37.9 Å². The van der Waals surface area contributed by atoms with E-state index >= 15 is 0 Å². The van der Waals surface area contributed by atoms with E-state index in [0.717, 1.165) is 85.9 Å². The van der Waals surface area contributed by atoms with Crippen LogP contribution in [0.3, 0.4) is 0 Å². The Kier molecular flexibility index (Phi) is 5.99. The third-order valence-corrected chi connectivity index (χ3v) is 8.63. The molecule has 2 atom stereocenters. The standard InChI is InChI=1S/C30H32N4O2/c31-20-30(28-11-5-6-14-32-28)12-15-33(16-13-30)18-21-17-24-25(23-8-2-1-7-22(21)23)19-34(29(24)36)26-9-3-4-10-27(26)35/h1-2,5-8,11,14,17,26-27,35H,3-4,9-10,12-13,15-16,18-19H2/t26-,27-/m0/s1. The maximum atomic E-state index is 13.6. The van der Waals surface area contributed by atoms with Crippen LogP contribution in [0.2, 0.25) is 0 Å². The van der Waals surface area contributed by atoms with Crippen molar-refractivity contribution in [3.8, 4) is 6.07 Å². The van der Waals surface area contributed by atoms with Gasteiger partial charge in [0.05, 0.1) is 23.9 Å². The van der Waals surface area contributed by atoms with Crippen LogP contribution in [0.4, 0.5) is 0 Å². The van der Waals surface area contributed by atoms with Crippen LogP contribution in [0.1, 0.15) is 65.7 Å². The van der Waals surface area contributed by atoms with Gasteiger partial charge in [-0.25, -0.2) is 0 Å². The Bertz CT molecular complexity index is 1320. The Morgan fingerprint density at radius 3 is 2.53 bits per heavy atom. The van der Waals surface area contributed by atoms with Gasteiger partial charge in [0.15, 0.2) is 0 Å². The molecule has 1 amide bonds. The highest BCUT2D eigenvalue weighted by atomic mass is 16.3. The summed E-state index contributed by atoms with van der Waals surface area (Å²) in [6.07, 6.45) is 6.56. The zero-order valence-corrected chi connectivity index (χ0v) is 20.6. The number of hydrogen-bond donors (Lipinski definition) is 1. The van der Waals surface area contributed by atoms with Crippen molar-refractivity contribution in [1.29, 1.82) is 5.26 Å². The zero-order valence-electron chi connectivity index (χ0n) is 20.6. The summed E-state index contributed by atoms with van der Waals surface area (Å²) in [6.45, 7) is 2.94. The number of hydrogen-bond acceptors (Lipinski definition) is 5. The highest BCUT2D eigenvalue weighted by Crippen LogP contribution is 2.38. The van der Waals surface area contributed by atoms with Crippen molar-refractivity contribution < 1.29 is 9.90 Å². The molecule has 1 aliphatic carbocycles. The Labute approximate surface area is 212 Å². The molecule has 3 aromatic rings. The summed E-state index contributed by atoms with van der Waals surface area (Å²) >= 11 is 0. The van der Waals surface area contributed by atoms with Gasteiger partial charge in [-0.15, -0.1) is 0 Å². The zero-order chi connectivity index (χ0) is 24.7. The molecule has 1 saturated heterocycles. The van der Waals surface area contributed by atoms with Crippen LogP contribution >= 0.6 is 0 Å². The molecular formula is C30H32N4O2. The molecule has 1 aromatic heterocycles. The van der Waals surface area contributed by atoms with Crippen molar-refractivity contribution in [1.82, 2.24) is 14.8 Å². The largest absolute Gasteiger partial charge is 0.391 e. The number of amides is 1. The van der Waals surface area contributed by atoms with Gasteiger partial charge in [-0.3, -0.25) is 14.7 Å². The van der Waals surface area contributed by atoms with Gasteiger partial charge in [0.25, 0.3) is 5.91 Å². The second-order valence-corrected chi connectivity index (χ2v) is 10.6. The number of rotatable bonds is 4. The number of likely N-dealkylation sites (tertiary alicyclic amines) is 1. The third kappa shape index (κ3) is 3.87. The summed E-state index contributed by atoms with van der Waals surface area (Å²) < 4.78 is 0. The van der Waals surface area contributed by atoms with Crippen LogP contribution < -0.4 is 0 Å². The predicted octanol–water partition coefficient (Wildman–Crippen LogP) is 4.55. The van der Waals surface area contributed by atoms with Crippen LogP contribution in [0, 0.1) is 11.3 Å². The number of pyridine rings is 1. The number of piperidine rings is 1. The van der Waals surface area contributed by atoms with Crippen molar-refractivity contribution in [2.45, 2.75) is 69.2 Å². The smallest absolute Gasteiger partial charge is 0.254 e. The quantitative estimate of drug-likeness (QED) is 0.593. The lowest BCUT2D eigenvalue weighted by Crippen LogP contribution is -2.45. The number of carbonyl (C=O) groups is 1. The minimum Gasteiger partial charge on any atom is -0.391 e. The van der Waals surface area contributed by atoms with Crippen molar-refractivity contribution in [2.75, 3.05) is 13.1 Å². The lowest BCUT2D eigenvalue weighted by atomic mass is 9.76. The molecule has 0 bridgehead atoms. The van der Waals surface area contributed by atoms with Crippen molar-refractivity contribution in [3.63, 3.8) is 0 Å². The Balaban J connectivity index is 1.27. The van der Waals surface area contributed by atoms with Gasteiger partial charge in [-0.2, -0.15) is 5.26 Å². The second-order valence-electron chi connectivity index (χ2n) is 10.6. The molecule has 0 unspecified atom stereocenters. The van der Waals surface area contributed by atoms with E-state index < -0.39 is 11.5 Å². The van der Waals surface area contributed by atoms with Crippen LogP contribution in [0.5, 0.6) is 0 Å². The van der Waals surface area contributed by atoms with Gasteiger partial charge < -0.3 is 10.0 Å². The first-order valence-corrected chi connectivity index (χ1v) is 13.2. The molecule has 2 aromatic carbocycles. The van der Waals surface area contributed by atoms with Crippen LogP contribution in [-0.2, 0) is 18.5 Å². The summed E-state index contributed by atoms with van der Waals surface area (Å²) in [4.78, 5) is 22.4. The van der Waals surface area contributed by atoms with E-state index in [1.54, 1.807) is 6.20 Å². The van der Waals surface area contributed by atoms with Crippen molar-refractivity contribution in [3.05, 3.63) is 77.1 Å². The molecule has 2 aliphatic heterocycles. The molecular weight excluding hydrogens is 448 g/mol. The molecule has 184 valence electrons. The van der Waals surface area contributed by atoms with E-state index in [9.17, 15) is 15.2 Å². The number of aliphatic hydroxyl groups excluding tert-OH is 1. The topological polar surface area (TPSA) is 80.5 Å². The monoisotopic (exact) mass is 480 g/mol. The highest BCUT2D eigenvalue weighted by molar-refractivity contribution is 6.05. The Morgan fingerprint density at radius 2 is 1.81 bits per heavy atom. The van der Waals surface area contributed by atoms with E-state index in [4.69, 9.17) is 0 Å². The summed E-state index contributed by atoms with van der Waals surface area (Å²) in [5.41, 5.74) is 3.37. The molecule has 3 heterocycles. The molecule has 0 radical (unpaired) electrons. The number of fused-ring (bicyclic) bond motifs is 3. The lowest BCUT2D eigenvalue weighted by Gasteiger charge is -2.37. The van der Waals surface area contributed by atoms with Gasteiger partial charge in [-0.05, 0) is 65.8 Å². The molecule has 1 N–H and O–H groups in total. The Morgan fingerprint density at radius 1 is 1.06 bits per heavy atom. The molecule has 2 fully saturated rings. The molecule has 36 heavy (non-hydrogen) atoms. The summed E-state index contributed by atoms with van der Waals surface area (Å²) in [5.74, 6) is 0.0558. The van der Waals surface area contributed by atoms with Crippen LogP contribution in [0.15, 0.2) is 54.7 Å². The summed E-state index contributed by atoms with van der Waals surface area (Å²) in [5, 5.41) is 23.0. The number of aromatic nitrogens is 1. The molecule has 6 rings (SSSR count). The molecule has 6 heteroatoms. The normalized spacial score (nSPS) is 24.0. The number of nitriles is 1. The fraction of sp³-hybridized carbons (Fsp3) is 0.433. The molecule has 6 nitrogen and oxygen atoms in total. The Hall–Kier alpha value is -3.27. The van der Waals surface area contributed by atoms with Gasteiger partial charge >= 0.3 is 0 Å². The number of carbonyl (C=O) groups excluding carboxylic acids is 1. The minimum absolute atomic E-state index is 0.0558. The minimum atomic E-state index is -0.533. The third-order valence-electron chi connectivity index (χ3n) is 8.63. The lowest BCUT2D eigenvalue weighted by molar-refractivity contribution is 0.0192. The molecule has 1 saturated carbocycles. The SMILES string of the molecule is N#CC1(c2ccccn2)CCN(Cc2cc3c(c4ccccc24)CN([C@H]2CCCC[C@@H]2O)C3=O)CC1. The van der Waals surface area contributed by atoms with E-state index in [2.05, 4.69) is 40.2 Å². The first kappa shape index (κ1) is 23.1. The maximum Gasteiger partial charge on any atom is 0.254 e. The van der Waals surface area contributed by atoms with E-state index in [-0.39, 0.29) is 11.9 Å². The van der Waals surface area contributed by atoms with E-state index in [1.807, 2.05) is 29.2 Å². The van der Waals surface area contributed by atoms with Crippen molar-refractivity contribution >= 4 is 16.7 Å². The summed E-state index contributed by atoms with van der Waals surface area (Å²) in [7, 11) is 0. The average Bonchev–Trinajstić information content (AvgIpc) is 3.26. The van der Waals surface area contributed by atoms with Crippen molar-refractivity contribution in [2.24, 2.45) is 0 Å². The van der Waals surface area contributed by atoms with E-state index in [1.165, 1.54) is 5.39 Å². The van der Waals surface area contributed by atoms with Crippen LogP contribution in [0.25, 0.3) is 10.8 Å². The average molecular weight is 481 g/mol. The number of aliphatic hydroxyl groups is 1. The number of benzene rings is 2. The van der Waals surface area contributed by atoms with Gasteiger partial charge in [0.2, 0.25) is 0 Å². The maximum absolute atomic E-state index is 13.6. The van der Waals surface area contributed by atoms with Gasteiger partial charge in [0.1, 0.15) is 5.41 Å². The molecule has 0 spiro atoms. The fourth-order valence-corrected chi connectivity index (χ4v) is 6.53. The predicted molar refractivity (Wildman–Crippen MR) is 138 cm³/mol. The first-order chi connectivity index (χ1) is 17.6. The van der Waals surface area contributed by atoms with Crippen LogP contribution in [-0.4, -0.2) is 51.0 Å². The molecule has 3 aliphatic rings.